The highest BCUT2D eigenvalue weighted by atomic mass is 19.1. The average Bonchev–Trinajstić information content (AvgIpc) is 2.98. The molecule has 31 heavy (non-hydrogen) atoms. The average molecular weight is 428 g/mol. The molecule has 164 valence electrons. The lowest BCUT2D eigenvalue weighted by Crippen LogP contribution is -2.47. The Morgan fingerprint density at radius 2 is 1.94 bits per heavy atom. The molecule has 0 aromatic heterocycles. The number of amides is 2. The minimum atomic E-state index is -0.663. The highest BCUT2D eigenvalue weighted by Crippen LogP contribution is 2.39. The van der Waals surface area contributed by atoms with Gasteiger partial charge in [0.1, 0.15) is 18.2 Å². The summed E-state index contributed by atoms with van der Waals surface area (Å²) in [6.07, 6.45) is 1.19. The molecule has 2 amide bonds. The van der Waals surface area contributed by atoms with E-state index >= 15 is 0 Å². The molecule has 0 unspecified atom stereocenters. The van der Waals surface area contributed by atoms with Crippen LogP contribution in [0.15, 0.2) is 42.5 Å². The highest BCUT2D eigenvalue weighted by molar-refractivity contribution is 5.94. The maximum Gasteiger partial charge on any atom is 0.274 e. The SMILES string of the molecule is CC1(C(=O)N2Cc3ccc(C(=O)NO)cc3OC[C@H]2c2ccccc2F)CCOCC1. The molecule has 2 aromatic rings. The molecule has 2 aliphatic rings. The third-order valence-electron chi connectivity index (χ3n) is 6.18. The van der Waals surface area contributed by atoms with Gasteiger partial charge in [0, 0.05) is 29.9 Å². The van der Waals surface area contributed by atoms with Crippen molar-refractivity contribution in [3.05, 3.63) is 65.0 Å². The standard InChI is InChI=1S/C23H25FN2O5/c1-23(8-10-30-11-9-23)22(28)26-13-16-7-6-15(21(27)25-29)12-20(16)31-14-19(26)17-4-2-3-5-18(17)24/h2-7,12,19,29H,8-11,13-14H2,1H3,(H,25,27)/t19-/m0/s1. The molecule has 2 heterocycles. The number of rotatable bonds is 3. The van der Waals surface area contributed by atoms with Crippen LogP contribution in [0.1, 0.15) is 47.3 Å². The maximum absolute atomic E-state index is 14.7. The third-order valence-corrected chi connectivity index (χ3v) is 6.18. The molecule has 0 saturated carbocycles. The summed E-state index contributed by atoms with van der Waals surface area (Å²) in [5.41, 5.74) is 2.30. The van der Waals surface area contributed by atoms with Gasteiger partial charge in [-0.25, -0.2) is 9.87 Å². The second kappa shape index (κ2) is 8.64. The van der Waals surface area contributed by atoms with Crippen LogP contribution in [0.4, 0.5) is 4.39 Å². The van der Waals surface area contributed by atoms with Crippen LogP contribution in [0.2, 0.25) is 0 Å². The van der Waals surface area contributed by atoms with E-state index in [1.165, 1.54) is 12.1 Å². The van der Waals surface area contributed by atoms with Gasteiger partial charge in [0.2, 0.25) is 5.91 Å². The van der Waals surface area contributed by atoms with Crippen LogP contribution in [0.25, 0.3) is 0 Å². The topological polar surface area (TPSA) is 88.1 Å². The molecule has 1 fully saturated rings. The van der Waals surface area contributed by atoms with Crippen LogP contribution in [0.5, 0.6) is 5.75 Å². The van der Waals surface area contributed by atoms with E-state index in [-0.39, 0.29) is 24.6 Å². The zero-order valence-corrected chi connectivity index (χ0v) is 17.3. The molecule has 2 aromatic carbocycles. The molecule has 0 radical (unpaired) electrons. The Morgan fingerprint density at radius 1 is 1.19 bits per heavy atom. The molecule has 1 saturated heterocycles. The number of benzene rings is 2. The number of hydroxylamine groups is 1. The summed E-state index contributed by atoms with van der Waals surface area (Å²) in [5.74, 6) is -0.714. The van der Waals surface area contributed by atoms with Gasteiger partial charge in [0.15, 0.2) is 0 Å². The van der Waals surface area contributed by atoms with Gasteiger partial charge >= 0.3 is 0 Å². The number of hydrogen-bond donors (Lipinski definition) is 2. The second-order valence-electron chi connectivity index (χ2n) is 8.22. The number of halogens is 1. The highest BCUT2D eigenvalue weighted by Gasteiger charge is 2.42. The molecule has 2 aliphatic heterocycles. The lowest BCUT2D eigenvalue weighted by molar-refractivity contribution is -0.150. The first kappa shape index (κ1) is 21.3. The Hall–Kier alpha value is -2.97. The number of fused-ring (bicyclic) bond motifs is 1. The normalized spacial score (nSPS) is 20.2. The summed E-state index contributed by atoms with van der Waals surface area (Å²) < 4.78 is 26.1. The lowest BCUT2D eigenvalue weighted by Gasteiger charge is -2.39. The van der Waals surface area contributed by atoms with Crippen molar-refractivity contribution in [1.82, 2.24) is 10.4 Å². The Bertz CT molecular complexity index is 990. The molecule has 4 rings (SSSR count). The summed E-state index contributed by atoms with van der Waals surface area (Å²) in [4.78, 5) is 27.2. The fourth-order valence-electron chi connectivity index (χ4n) is 4.18. The van der Waals surface area contributed by atoms with E-state index in [0.29, 0.717) is 42.9 Å². The van der Waals surface area contributed by atoms with Gasteiger partial charge < -0.3 is 14.4 Å². The van der Waals surface area contributed by atoms with Gasteiger partial charge in [0.25, 0.3) is 5.91 Å². The van der Waals surface area contributed by atoms with Crippen LogP contribution >= 0.6 is 0 Å². The van der Waals surface area contributed by atoms with Crippen molar-refractivity contribution in [2.75, 3.05) is 19.8 Å². The number of nitrogens with zero attached hydrogens (tertiary/aromatic N) is 1. The fourth-order valence-corrected chi connectivity index (χ4v) is 4.18. The molecule has 2 N–H and O–H groups in total. The molecule has 0 aliphatic carbocycles. The molecular formula is C23H25FN2O5. The number of hydrogen-bond acceptors (Lipinski definition) is 5. The van der Waals surface area contributed by atoms with Crippen LogP contribution in [-0.2, 0) is 16.1 Å². The molecule has 7 nitrogen and oxygen atoms in total. The minimum absolute atomic E-state index is 0.0381. The number of carbonyl (C=O) groups excluding carboxylic acids is 2. The monoisotopic (exact) mass is 428 g/mol. The predicted octanol–water partition coefficient (Wildman–Crippen LogP) is 3.22. The lowest BCUT2D eigenvalue weighted by atomic mass is 9.80. The van der Waals surface area contributed by atoms with E-state index in [0.717, 1.165) is 0 Å². The summed E-state index contributed by atoms with van der Waals surface area (Å²) in [6.45, 7) is 3.19. The Balaban J connectivity index is 1.74. The van der Waals surface area contributed by atoms with Crippen LogP contribution in [0, 0.1) is 11.2 Å². The van der Waals surface area contributed by atoms with Gasteiger partial charge in [-0.15, -0.1) is 0 Å². The van der Waals surface area contributed by atoms with Crippen LogP contribution in [0.3, 0.4) is 0 Å². The van der Waals surface area contributed by atoms with Crippen molar-refractivity contribution in [3.63, 3.8) is 0 Å². The minimum Gasteiger partial charge on any atom is -0.491 e. The van der Waals surface area contributed by atoms with Crippen molar-refractivity contribution in [2.24, 2.45) is 5.41 Å². The van der Waals surface area contributed by atoms with Gasteiger partial charge in [-0.2, -0.15) is 0 Å². The van der Waals surface area contributed by atoms with E-state index in [1.54, 1.807) is 40.7 Å². The third kappa shape index (κ3) is 4.13. The fraction of sp³-hybridized carbons (Fsp3) is 0.391. The summed E-state index contributed by atoms with van der Waals surface area (Å²) in [6, 6.07) is 10.5. The zero-order valence-electron chi connectivity index (χ0n) is 17.3. The molecule has 1 atom stereocenters. The van der Waals surface area contributed by atoms with Crippen LogP contribution < -0.4 is 10.2 Å². The van der Waals surface area contributed by atoms with Crippen molar-refractivity contribution in [2.45, 2.75) is 32.4 Å². The van der Waals surface area contributed by atoms with Crippen molar-refractivity contribution in [1.29, 1.82) is 0 Å². The van der Waals surface area contributed by atoms with Crippen molar-refractivity contribution >= 4 is 11.8 Å². The van der Waals surface area contributed by atoms with Crippen molar-refractivity contribution in [3.8, 4) is 5.75 Å². The Kier molecular flexibility index (Phi) is 5.93. The quantitative estimate of drug-likeness (QED) is 0.579. The summed E-state index contributed by atoms with van der Waals surface area (Å²) >= 11 is 0. The second-order valence-corrected chi connectivity index (χ2v) is 8.22. The van der Waals surface area contributed by atoms with Crippen molar-refractivity contribution < 1.29 is 28.7 Å². The molecule has 0 bridgehead atoms. The van der Waals surface area contributed by atoms with Crippen LogP contribution in [-0.4, -0.2) is 41.7 Å². The first-order valence-corrected chi connectivity index (χ1v) is 10.3. The van der Waals surface area contributed by atoms with E-state index < -0.39 is 23.2 Å². The van der Waals surface area contributed by atoms with E-state index in [9.17, 15) is 14.0 Å². The van der Waals surface area contributed by atoms with Gasteiger partial charge in [-0.3, -0.25) is 14.8 Å². The molecule has 8 heteroatoms. The molecular weight excluding hydrogens is 403 g/mol. The molecule has 0 spiro atoms. The summed E-state index contributed by atoms with van der Waals surface area (Å²) in [5, 5.41) is 8.91. The van der Waals surface area contributed by atoms with E-state index in [1.807, 2.05) is 6.92 Å². The van der Waals surface area contributed by atoms with E-state index in [2.05, 4.69) is 0 Å². The number of ether oxygens (including phenoxy) is 2. The number of nitrogens with one attached hydrogen (secondary N) is 1. The first-order chi connectivity index (χ1) is 14.9. The zero-order chi connectivity index (χ0) is 22.0. The van der Waals surface area contributed by atoms with Gasteiger partial charge in [-0.1, -0.05) is 31.2 Å². The van der Waals surface area contributed by atoms with E-state index in [4.69, 9.17) is 14.7 Å². The largest absolute Gasteiger partial charge is 0.491 e. The summed E-state index contributed by atoms with van der Waals surface area (Å²) in [7, 11) is 0. The predicted molar refractivity (Wildman–Crippen MR) is 109 cm³/mol. The Morgan fingerprint density at radius 3 is 2.65 bits per heavy atom. The van der Waals surface area contributed by atoms with Gasteiger partial charge in [-0.05, 0) is 31.0 Å². The maximum atomic E-state index is 14.7. The first-order valence-electron chi connectivity index (χ1n) is 10.3. The smallest absolute Gasteiger partial charge is 0.274 e. The number of carbonyl (C=O) groups is 2. The Labute approximate surface area is 179 Å². The van der Waals surface area contributed by atoms with Gasteiger partial charge in [0.05, 0.1) is 18.0 Å².